The minimum absolute atomic E-state index is 0.0273. The average Bonchev–Trinajstić information content (AvgIpc) is 3.19. The van der Waals surface area contributed by atoms with Crippen LogP contribution in [0.1, 0.15) is 45.2 Å². The molecule has 0 spiro atoms. The Bertz CT molecular complexity index is 563. The van der Waals surface area contributed by atoms with Crippen LogP contribution in [0.5, 0.6) is 0 Å². The van der Waals surface area contributed by atoms with Gasteiger partial charge in [0.05, 0.1) is 0 Å². The number of nitrogens with one attached hydrogen (secondary N) is 1. The highest BCUT2D eigenvalue weighted by molar-refractivity contribution is 5.98. The van der Waals surface area contributed by atoms with Crippen molar-refractivity contribution < 1.29 is 9.59 Å². The molecule has 3 rings (SSSR count). The molecular weight excluding hydrogens is 264 g/mol. The van der Waals surface area contributed by atoms with E-state index in [0.29, 0.717) is 0 Å². The van der Waals surface area contributed by atoms with Gasteiger partial charge < -0.3 is 10.2 Å². The summed E-state index contributed by atoms with van der Waals surface area (Å²) in [6.45, 7) is 6.08. The van der Waals surface area contributed by atoms with Gasteiger partial charge in [0.1, 0.15) is 12.1 Å². The van der Waals surface area contributed by atoms with Crippen LogP contribution in [0.4, 0.5) is 0 Å². The third kappa shape index (κ3) is 2.33. The quantitative estimate of drug-likeness (QED) is 0.926. The van der Waals surface area contributed by atoms with Crippen molar-refractivity contribution >= 4 is 11.8 Å². The van der Waals surface area contributed by atoms with Crippen molar-refractivity contribution in [2.24, 2.45) is 5.92 Å². The molecule has 1 saturated heterocycles. The molecule has 1 aromatic carbocycles. The summed E-state index contributed by atoms with van der Waals surface area (Å²) in [6.07, 6.45) is 1.97. The predicted octanol–water partition coefficient (Wildman–Crippen LogP) is 2.26. The SMILES string of the molecule is CC(C)C1C(=O)NC(c2ccccc2)C(=O)N1C1(C)CC1. The molecule has 4 heteroatoms. The maximum absolute atomic E-state index is 13.0. The first kappa shape index (κ1) is 14.1. The number of nitrogens with zero attached hydrogens (tertiary/aromatic N) is 1. The van der Waals surface area contributed by atoms with Crippen LogP contribution in [0.15, 0.2) is 30.3 Å². The van der Waals surface area contributed by atoms with Crippen LogP contribution in [-0.4, -0.2) is 28.3 Å². The molecule has 1 saturated carbocycles. The fourth-order valence-corrected chi connectivity index (χ4v) is 3.18. The lowest BCUT2D eigenvalue weighted by atomic mass is 9.92. The molecule has 2 atom stereocenters. The molecule has 2 amide bonds. The van der Waals surface area contributed by atoms with Gasteiger partial charge in [0.25, 0.3) is 5.91 Å². The number of carbonyl (C=O) groups excluding carboxylic acids is 2. The molecule has 112 valence electrons. The second-order valence-electron chi connectivity index (χ2n) is 6.75. The predicted molar refractivity (Wildman–Crippen MR) is 80.4 cm³/mol. The van der Waals surface area contributed by atoms with Gasteiger partial charge in [0, 0.05) is 5.54 Å². The topological polar surface area (TPSA) is 49.4 Å². The number of piperazine rings is 1. The van der Waals surface area contributed by atoms with Gasteiger partial charge in [-0.25, -0.2) is 0 Å². The summed E-state index contributed by atoms with van der Waals surface area (Å²) in [6, 6.07) is 8.59. The maximum Gasteiger partial charge on any atom is 0.250 e. The fraction of sp³-hybridized carbons (Fsp3) is 0.529. The van der Waals surface area contributed by atoms with Crippen LogP contribution in [0, 0.1) is 5.92 Å². The summed E-state index contributed by atoms with van der Waals surface area (Å²) in [5, 5.41) is 2.91. The van der Waals surface area contributed by atoms with E-state index in [1.54, 1.807) is 0 Å². The van der Waals surface area contributed by atoms with Crippen molar-refractivity contribution in [1.82, 2.24) is 10.2 Å². The van der Waals surface area contributed by atoms with Crippen LogP contribution in [0.3, 0.4) is 0 Å². The molecule has 1 aromatic rings. The van der Waals surface area contributed by atoms with Crippen molar-refractivity contribution in [2.45, 2.75) is 51.2 Å². The number of benzene rings is 1. The van der Waals surface area contributed by atoms with Crippen LogP contribution < -0.4 is 5.32 Å². The van der Waals surface area contributed by atoms with Crippen LogP contribution in [0.25, 0.3) is 0 Å². The minimum Gasteiger partial charge on any atom is -0.339 e. The number of rotatable bonds is 3. The molecule has 2 unspecified atom stereocenters. The van der Waals surface area contributed by atoms with Gasteiger partial charge in [0.2, 0.25) is 5.91 Å². The van der Waals surface area contributed by atoms with E-state index in [-0.39, 0.29) is 29.3 Å². The Balaban J connectivity index is 1.98. The largest absolute Gasteiger partial charge is 0.339 e. The molecule has 0 aromatic heterocycles. The third-order valence-electron chi connectivity index (χ3n) is 4.64. The Hall–Kier alpha value is -1.84. The highest BCUT2D eigenvalue weighted by Crippen LogP contribution is 2.45. The van der Waals surface area contributed by atoms with E-state index < -0.39 is 6.04 Å². The molecule has 1 N–H and O–H groups in total. The van der Waals surface area contributed by atoms with Gasteiger partial charge in [-0.1, -0.05) is 44.2 Å². The fourth-order valence-electron chi connectivity index (χ4n) is 3.18. The Morgan fingerprint density at radius 3 is 2.33 bits per heavy atom. The Labute approximate surface area is 125 Å². The zero-order valence-corrected chi connectivity index (χ0v) is 12.8. The number of hydrogen-bond acceptors (Lipinski definition) is 2. The standard InChI is InChI=1S/C17H22N2O2/c1-11(2)14-15(20)18-13(12-7-5-4-6-8-12)16(21)19(14)17(3)9-10-17/h4-8,11,13-14H,9-10H2,1-3H3,(H,18,20). The highest BCUT2D eigenvalue weighted by atomic mass is 16.2. The summed E-state index contributed by atoms with van der Waals surface area (Å²) < 4.78 is 0. The van der Waals surface area contributed by atoms with Gasteiger partial charge in [-0.2, -0.15) is 0 Å². The zero-order chi connectivity index (χ0) is 15.2. The van der Waals surface area contributed by atoms with Crippen molar-refractivity contribution in [2.75, 3.05) is 0 Å². The van der Waals surface area contributed by atoms with Gasteiger partial charge in [-0.3, -0.25) is 9.59 Å². The van der Waals surface area contributed by atoms with E-state index in [9.17, 15) is 9.59 Å². The lowest BCUT2D eigenvalue weighted by molar-refractivity contribution is -0.155. The van der Waals surface area contributed by atoms with E-state index in [1.165, 1.54) is 0 Å². The summed E-state index contributed by atoms with van der Waals surface area (Å²) in [5.74, 6) is 0.106. The van der Waals surface area contributed by atoms with Gasteiger partial charge in [-0.15, -0.1) is 0 Å². The van der Waals surface area contributed by atoms with Crippen molar-refractivity contribution in [1.29, 1.82) is 0 Å². The van der Waals surface area contributed by atoms with E-state index >= 15 is 0 Å². The first-order valence-electron chi connectivity index (χ1n) is 7.62. The van der Waals surface area contributed by atoms with E-state index in [0.717, 1.165) is 18.4 Å². The van der Waals surface area contributed by atoms with Gasteiger partial charge in [0.15, 0.2) is 0 Å². The number of hydrogen-bond donors (Lipinski definition) is 1. The highest BCUT2D eigenvalue weighted by Gasteiger charge is 2.55. The summed E-state index contributed by atoms with van der Waals surface area (Å²) >= 11 is 0. The van der Waals surface area contributed by atoms with Crippen molar-refractivity contribution in [3.05, 3.63) is 35.9 Å². The summed E-state index contributed by atoms with van der Waals surface area (Å²) in [7, 11) is 0. The lowest BCUT2D eigenvalue weighted by Gasteiger charge is -2.44. The van der Waals surface area contributed by atoms with Gasteiger partial charge >= 0.3 is 0 Å². The Morgan fingerprint density at radius 1 is 1.19 bits per heavy atom. The van der Waals surface area contributed by atoms with E-state index in [2.05, 4.69) is 12.2 Å². The smallest absolute Gasteiger partial charge is 0.250 e. The number of carbonyl (C=O) groups is 2. The molecule has 2 aliphatic rings. The minimum atomic E-state index is -0.550. The molecule has 1 heterocycles. The molecule has 2 fully saturated rings. The molecule has 1 aliphatic heterocycles. The summed E-state index contributed by atoms with van der Waals surface area (Å²) in [4.78, 5) is 27.4. The van der Waals surface area contributed by atoms with Crippen LogP contribution >= 0.6 is 0 Å². The van der Waals surface area contributed by atoms with Gasteiger partial charge in [-0.05, 0) is 31.2 Å². The molecule has 0 bridgehead atoms. The number of amides is 2. The first-order chi connectivity index (χ1) is 9.94. The molecular formula is C17H22N2O2. The maximum atomic E-state index is 13.0. The lowest BCUT2D eigenvalue weighted by Crippen LogP contribution is -2.64. The zero-order valence-electron chi connectivity index (χ0n) is 12.8. The van der Waals surface area contributed by atoms with Crippen LogP contribution in [0.2, 0.25) is 0 Å². The van der Waals surface area contributed by atoms with Crippen LogP contribution in [-0.2, 0) is 9.59 Å². The second-order valence-corrected chi connectivity index (χ2v) is 6.75. The molecule has 21 heavy (non-hydrogen) atoms. The summed E-state index contributed by atoms with van der Waals surface area (Å²) in [5.41, 5.74) is 0.712. The normalized spacial score (nSPS) is 27.7. The van der Waals surface area contributed by atoms with E-state index in [1.807, 2.05) is 49.1 Å². The molecule has 1 aliphatic carbocycles. The van der Waals surface area contributed by atoms with E-state index in [4.69, 9.17) is 0 Å². The van der Waals surface area contributed by atoms with Crippen molar-refractivity contribution in [3.63, 3.8) is 0 Å². The Kier molecular flexibility index (Phi) is 3.27. The molecule has 0 radical (unpaired) electrons. The average molecular weight is 286 g/mol. The second kappa shape index (κ2) is 4.86. The Morgan fingerprint density at radius 2 is 1.81 bits per heavy atom. The first-order valence-corrected chi connectivity index (χ1v) is 7.62. The third-order valence-corrected chi connectivity index (χ3v) is 4.64. The monoisotopic (exact) mass is 286 g/mol. The molecule has 4 nitrogen and oxygen atoms in total. The van der Waals surface area contributed by atoms with Crippen molar-refractivity contribution in [3.8, 4) is 0 Å².